The summed E-state index contributed by atoms with van der Waals surface area (Å²) in [6.45, 7) is 2.13. The van der Waals surface area contributed by atoms with Gasteiger partial charge in [-0.15, -0.1) is 0 Å². The molecule has 4 nitrogen and oxygen atoms in total. The molecule has 98 valence electrons. The number of nitro benzene ring substituents is 1. The topological polar surface area (TPSA) is 52.4 Å². The Balaban J connectivity index is 2.18. The lowest BCUT2D eigenvalue weighted by atomic mass is 9.89. The normalized spacial score (nSPS) is 23.7. The second-order valence-electron chi connectivity index (χ2n) is 4.86. The average Bonchev–Trinajstić information content (AvgIpc) is 2.28. The predicted molar refractivity (Wildman–Crippen MR) is 65.1 cm³/mol. The number of nitrogens with zero attached hydrogens (tertiary/aromatic N) is 1. The van der Waals surface area contributed by atoms with E-state index >= 15 is 0 Å². The minimum Gasteiger partial charge on any atom is -0.483 e. The Bertz CT molecular complexity index is 450. The standard InChI is InChI=1S/C13H16FNO3/c1-9-4-2-5-10(8-9)18-12-7-3-6-11(14)13(12)15(16)17/h3,6-7,9-10H,2,4-5,8H2,1H3. The lowest BCUT2D eigenvalue weighted by Crippen LogP contribution is -2.24. The summed E-state index contributed by atoms with van der Waals surface area (Å²) in [7, 11) is 0. The number of ether oxygens (including phenoxy) is 1. The van der Waals surface area contributed by atoms with Gasteiger partial charge in [0.1, 0.15) is 0 Å². The summed E-state index contributed by atoms with van der Waals surface area (Å²) in [6.07, 6.45) is 3.90. The van der Waals surface area contributed by atoms with E-state index in [0.717, 1.165) is 31.7 Å². The average molecular weight is 253 g/mol. The van der Waals surface area contributed by atoms with Gasteiger partial charge in [-0.3, -0.25) is 10.1 Å². The van der Waals surface area contributed by atoms with Crippen LogP contribution >= 0.6 is 0 Å². The molecule has 0 spiro atoms. The van der Waals surface area contributed by atoms with Gasteiger partial charge in [0.25, 0.3) is 0 Å². The molecule has 0 N–H and O–H groups in total. The maximum atomic E-state index is 13.4. The highest BCUT2D eigenvalue weighted by molar-refractivity contribution is 5.47. The maximum Gasteiger partial charge on any atom is 0.346 e. The van der Waals surface area contributed by atoms with Gasteiger partial charge in [-0.2, -0.15) is 4.39 Å². The fourth-order valence-corrected chi connectivity index (χ4v) is 2.43. The SMILES string of the molecule is CC1CCCC(Oc2cccc(F)c2[N+](=O)[O-])C1. The molecule has 0 bridgehead atoms. The number of hydrogen-bond donors (Lipinski definition) is 0. The number of nitro groups is 1. The van der Waals surface area contributed by atoms with E-state index in [1.807, 2.05) is 0 Å². The number of rotatable bonds is 3. The van der Waals surface area contributed by atoms with Crippen LogP contribution in [-0.2, 0) is 0 Å². The van der Waals surface area contributed by atoms with Gasteiger partial charge >= 0.3 is 5.69 Å². The molecule has 18 heavy (non-hydrogen) atoms. The first-order chi connectivity index (χ1) is 8.58. The van der Waals surface area contributed by atoms with Crippen LogP contribution in [0.3, 0.4) is 0 Å². The van der Waals surface area contributed by atoms with Gasteiger partial charge in [-0.05, 0) is 37.3 Å². The molecule has 0 aliphatic heterocycles. The molecule has 0 radical (unpaired) electrons. The number of halogens is 1. The molecule has 1 aliphatic rings. The fraction of sp³-hybridized carbons (Fsp3) is 0.538. The Morgan fingerprint density at radius 3 is 2.89 bits per heavy atom. The lowest BCUT2D eigenvalue weighted by Gasteiger charge is -2.27. The van der Waals surface area contributed by atoms with Crippen LogP contribution in [0.2, 0.25) is 0 Å². The van der Waals surface area contributed by atoms with Crippen LogP contribution in [0.4, 0.5) is 10.1 Å². The third-order valence-corrected chi connectivity index (χ3v) is 3.31. The Morgan fingerprint density at radius 1 is 1.44 bits per heavy atom. The summed E-state index contributed by atoms with van der Waals surface area (Å²) >= 11 is 0. The van der Waals surface area contributed by atoms with Crippen molar-refractivity contribution < 1.29 is 14.1 Å². The van der Waals surface area contributed by atoms with E-state index in [1.165, 1.54) is 12.1 Å². The molecule has 1 aliphatic carbocycles. The minimum absolute atomic E-state index is 0.0408. The zero-order chi connectivity index (χ0) is 13.1. The third-order valence-electron chi connectivity index (χ3n) is 3.31. The molecule has 2 unspecified atom stereocenters. The third kappa shape index (κ3) is 2.78. The molecule has 1 aromatic carbocycles. The Kier molecular flexibility index (Phi) is 3.79. The quantitative estimate of drug-likeness (QED) is 0.609. The van der Waals surface area contributed by atoms with E-state index in [2.05, 4.69) is 6.92 Å². The van der Waals surface area contributed by atoms with Crippen molar-refractivity contribution in [3.8, 4) is 5.75 Å². The highest BCUT2D eigenvalue weighted by Gasteiger charge is 2.26. The van der Waals surface area contributed by atoms with Crippen LogP contribution in [0, 0.1) is 21.8 Å². The van der Waals surface area contributed by atoms with Gasteiger partial charge in [0.05, 0.1) is 11.0 Å². The van der Waals surface area contributed by atoms with Gasteiger partial charge in [0.2, 0.25) is 11.6 Å². The second-order valence-corrected chi connectivity index (χ2v) is 4.86. The first-order valence-electron chi connectivity index (χ1n) is 6.17. The summed E-state index contributed by atoms with van der Waals surface area (Å²) in [5, 5.41) is 10.8. The van der Waals surface area contributed by atoms with E-state index in [9.17, 15) is 14.5 Å². The van der Waals surface area contributed by atoms with Crippen LogP contribution in [0.15, 0.2) is 18.2 Å². The second kappa shape index (κ2) is 5.33. The molecule has 2 atom stereocenters. The zero-order valence-electron chi connectivity index (χ0n) is 10.3. The Labute approximate surface area is 105 Å². The summed E-state index contributed by atoms with van der Waals surface area (Å²) in [5.41, 5.74) is -0.560. The molecule has 0 amide bonds. The fourth-order valence-electron chi connectivity index (χ4n) is 2.43. The van der Waals surface area contributed by atoms with Crippen molar-refractivity contribution in [2.75, 3.05) is 0 Å². The summed E-state index contributed by atoms with van der Waals surface area (Å²) < 4.78 is 19.0. The van der Waals surface area contributed by atoms with E-state index < -0.39 is 16.4 Å². The van der Waals surface area contributed by atoms with E-state index in [-0.39, 0.29) is 11.9 Å². The van der Waals surface area contributed by atoms with Crippen molar-refractivity contribution >= 4 is 5.69 Å². The summed E-state index contributed by atoms with van der Waals surface area (Å²) in [6, 6.07) is 3.97. The van der Waals surface area contributed by atoms with E-state index in [1.54, 1.807) is 0 Å². The molecule has 2 rings (SSSR count). The molecule has 0 heterocycles. The molecular weight excluding hydrogens is 237 g/mol. The van der Waals surface area contributed by atoms with E-state index in [0.29, 0.717) is 5.92 Å². The van der Waals surface area contributed by atoms with E-state index in [4.69, 9.17) is 4.74 Å². The molecule has 1 aromatic rings. The molecular formula is C13H16FNO3. The van der Waals surface area contributed by atoms with Crippen molar-refractivity contribution in [1.82, 2.24) is 0 Å². The monoisotopic (exact) mass is 253 g/mol. The van der Waals surface area contributed by atoms with Gasteiger partial charge in [0.15, 0.2) is 0 Å². The molecule has 1 saturated carbocycles. The smallest absolute Gasteiger partial charge is 0.346 e. The van der Waals surface area contributed by atoms with Gasteiger partial charge in [-0.1, -0.05) is 19.4 Å². The van der Waals surface area contributed by atoms with Crippen LogP contribution in [0.25, 0.3) is 0 Å². The number of benzene rings is 1. The van der Waals surface area contributed by atoms with Crippen LogP contribution in [-0.4, -0.2) is 11.0 Å². The van der Waals surface area contributed by atoms with Gasteiger partial charge < -0.3 is 4.74 Å². The van der Waals surface area contributed by atoms with Crippen LogP contribution in [0.1, 0.15) is 32.6 Å². The number of para-hydroxylation sites is 1. The Hall–Kier alpha value is -1.65. The van der Waals surface area contributed by atoms with Crippen LogP contribution in [0.5, 0.6) is 5.75 Å². The van der Waals surface area contributed by atoms with Crippen molar-refractivity contribution in [3.63, 3.8) is 0 Å². The first kappa shape index (κ1) is 12.8. The Morgan fingerprint density at radius 2 is 2.22 bits per heavy atom. The van der Waals surface area contributed by atoms with Crippen molar-refractivity contribution in [2.24, 2.45) is 5.92 Å². The molecule has 5 heteroatoms. The molecule has 0 saturated heterocycles. The van der Waals surface area contributed by atoms with Crippen molar-refractivity contribution in [2.45, 2.75) is 38.7 Å². The summed E-state index contributed by atoms with van der Waals surface area (Å²) in [5.74, 6) is -0.253. The number of hydrogen-bond acceptors (Lipinski definition) is 3. The van der Waals surface area contributed by atoms with Crippen LogP contribution < -0.4 is 4.74 Å². The van der Waals surface area contributed by atoms with Gasteiger partial charge in [0, 0.05) is 0 Å². The highest BCUT2D eigenvalue weighted by atomic mass is 19.1. The molecule has 1 fully saturated rings. The first-order valence-corrected chi connectivity index (χ1v) is 6.17. The van der Waals surface area contributed by atoms with Crippen molar-refractivity contribution in [3.05, 3.63) is 34.1 Å². The van der Waals surface area contributed by atoms with Crippen molar-refractivity contribution in [1.29, 1.82) is 0 Å². The molecule has 0 aromatic heterocycles. The summed E-state index contributed by atoms with van der Waals surface area (Å²) in [4.78, 5) is 10.1. The minimum atomic E-state index is -0.846. The van der Waals surface area contributed by atoms with Gasteiger partial charge in [-0.25, -0.2) is 0 Å². The lowest BCUT2D eigenvalue weighted by molar-refractivity contribution is -0.388. The maximum absolute atomic E-state index is 13.4. The zero-order valence-corrected chi connectivity index (χ0v) is 10.3. The predicted octanol–water partition coefficient (Wildman–Crippen LogP) is 3.69. The largest absolute Gasteiger partial charge is 0.483 e. The highest BCUT2D eigenvalue weighted by Crippen LogP contribution is 2.33.